The second-order valence-electron chi connectivity index (χ2n) is 4.27. The molecule has 0 heterocycles. The molecule has 0 radical (unpaired) electrons. The van der Waals surface area contributed by atoms with Gasteiger partial charge in [-0.2, -0.15) is 0 Å². The lowest BCUT2D eigenvalue weighted by molar-refractivity contribution is 0.0167. The second kappa shape index (κ2) is 3.80. The first-order valence-electron chi connectivity index (χ1n) is 4.95. The van der Waals surface area contributed by atoms with Crippen LogP contribution in [0.4, 0.5) is 8.78 Å². The lowest BCUT2D eigenvalue weighted by atomic mass is 9.94. The Morgan fingerprint density at radius 3 is 2.20 bits per heavy atom. The van der Waals surface area contributed by atoms with Crippen molar-refractivity contribution < 1.29 is 13.9 Å². The van der Waals surface area contributed by atoms with Crippen LogP contribution >= 0.6 is 0 Å². The van der Waals surface area contributed by atoms with Crippen LogP contribution in [-0.2, 0) is 5.92 Å². The highest BCUT2D eigenvalue weighted by molar-refractivity contribution is 5.44. The van der Waals surface area contributed by atoms with Gasteiger partial charge in [0.05, 0.1) is 0 Å². The summed E-state index contributed by atoms with van der Waals surface area (Å²) in [6.07, 6.45) is 0. The molecule has 0 aliphatic rings. The Morgan fingerprint density at radius 2 is 1.80 bits per heavy atom. The van der Waals surface area contributed by atoms with Crippen LogP contribution in [0.3, 0.4) is 0 Å². The fourth-order valence-corrected chi connectivity index (χ4v) is 1.64. The molecule has 0 atom stereocenters. The van der Waals surface area contributed by atoms with Crippen LogP contribution in [0.5, 0.6) is 5.75 Å². The maximum Gasteiger partial charge on any atom is 0.270 e. The van der Waals surface area contributed by atoms with E-state index in [0.29, 0.717) is 11.1 Å². The van der Waals surface area contributed by atoms with Crippen molar-refractivity contribution in [2.75, 3.05) is 0 Å². The van der Waals surface area contributed by atoms with E-state index >= 15 is 0 Å². The van der Waals surface area contributed by atoms with E-state index in [1.807, 2.05) is 13.8 Å². The molecule has 0 bridgehead atoms. The minimum Gasteiger partial charge on any atom is -0.508 e. The maximum absolute atomic E-state index is 13.2. The van der Waals surface area contributed by atoms with Crippen LogP contribution in [0.25, 0.3) is 0 Å². The molecule has 1 N–H and O–H groups in total. The summed E-state index contributed by atoms with van der Waals surface area (Å²) < 4.78 is 26.4. The molecule has 0 saturated carbocycles. The Morgan fingerprint density at radius 1 is 1.27 bits per heavy atom. The Labute approximate surface area is 88.7 Å². The third kappa shape index (κ3) is 2.46. The highest BCUT2D eigenvalue weighted by atomic mass is 19.3. The first kappa shape index (κ1) is 12.0. The normalized spacial score (nSPS) is 12.2. The molecule has 84 valence electrons. The van der Waals surface area contributed by atoms with Crippen molar-refractivity contribution in [1.82, 2.24) is 0 Å². The van der Waals surface area contributed by atoms with Gasteiger partial charge in [0, 0.05) is 12.5 Å². The Hall–Kier alpha value is -1.12. The minimum atomic E-state index is -2.86. The first-order valence-corrected chi connectivity index (χ1v) is 4.95. The quantitative estimate of drug-likeness (QED) is 0.790. The van der Waals surface area contributed by atoms with Gasteiger partial charge in [-0.05, 0) is 36.1 Å². The zero-order chi connectivity index (χ0) is 11.8. The molecular weight excluding hydrogens is 198 g/mol. The first-order chi connectivity index (χ1) is 6.73. The van der Waals surface area contributed by atoms with E-state index in [2.05, 4.69) is 0 Å². The van der Waals surface area contributed by atoms with Gasteiger partial charge in [-0.3, -0.25) is 0 Å². The molecule has 1 aromatic carbocycles. The van der Waals surface area contributed by atoms with Crippen LogP contribution in [0.1, 0.15) is 43.4 Å². The van der Waals surface area contributed by atoms with Crippen molar-refractivity contribution in [3.05, 3.63) is 28.8 Å². The molecule has 0 fully saturated rings. The maximum atomic E-state index is 13.2. The zero-order valence-corrected chi connectivity index (χ0v) is 9.44. The van der Waals surface area contributed by atoms with E-state index in [1.54, 1.807) is 6.92 Å². The van der Waals surface area contributed by atoms with E-state index < -0.39 is 5.92 Å². The van der Waals surface area contributed by atoms with Gasteiger partial charge in [-0.15, -0.1) is 0 Å². The minimum absolute atomic E-state index is 0.0102. The van der Waals surface area contributed by atoms with Crippen molar-refractivity contribution in [2.45, 2.75) is 39.5 Å². The molecule has 0 aliphatic carbocycles. The molecular formula is C12H16F2O. The van der Waals surface area contributed by atoms with Crippen LogP contribution in [0.15, 0.2) is 12.1 Å². The van der Waals surface area contributed by atoms with Crippen molar-refractivity contribution in [1.29, 1.82) is 0 Å². The number of halogens is 2. The monoisotopic (exact) mass is 214 g/mol. The second-order valence-corrected chi connectivity index (χ2v) is 4.27. The summed E-state index contributed by atoms with van der Waals surface area (Å²) in [5, 5.41) is 9.61. The number of aromatic hydroxyl groups is 1. The van der Waals surface area contributed by atoms with Gasteiger partial charge in [0.1, 0.15) is 5.75 Å². The van der Waals surface area contributed by atoms with E-state index in [1.165, 1.54) is 12.1 Å². The third-order valence-electron chi connectivity index (χ3n) is 2.47. The molecule has 0 aromatic heterocycles. The van der Waals surface area contributed by atoms with Crippen molar-refractivity contribution >= 4 is 0 Å². The molecule has 0 spiro atoms. The molecule has 0 amide bonds. The molecule has 1 nitrogen and oxygen atoms in total. The Balaban J connectivity index is 3.37. The lowest BCUT2D eigenvalue weighted by Gasteiger charge is -2.17. The summed E-state index contributed by atoms with van der Waals surface area (Å²) in [6, 6.07) is 2.80. The predicted molar refractivity (Wildman–Crippen MR) is 56.5 cm³/mol. The number of phenols is 1. The molecule has 0 saturated heterocycles. The van der Waals surface area contributed by atoms with Gasteiger partial charge in [0.2, 0.25) is 0 Å². The molecule has 1 rings (SSSR count). The summed E-state index contributed by atoms with van der Waals surface area (Å²) in [4.78, 5) is 0. The summed E-state index contributed by atoms with van der Waals surface area (Å²) in [6.45, 7) is 6.18. The van der Waals surface area contributed by atoms with Gasteiger partial charge in [0.15, 0.2) is 0 Å². The fourth-order valence-electron chi connectivity index (χ4n) is 1.64. The van der Waals surface area contributed by atoms with Gasteiger partial charge >= 0.3 is 0 Å². The molecule has 0 unspecified atom stereocenters. The molecule has 15 heavy (non-hydrogen) atoms. The highest BCUT2D eigenvalue weighted by Crippen LogP contribution is 2.36. The SMILES string of the molecule is Cc1cc(O)c(C(C)C)cc1C(C)(F)F. The number of benzene rings is 1. The van der Waals surface area contributed by atoms with E-state index in [9.17, 15) is 13.9 Å². The zero-order valence-electron chi connectivity index (χ0n) is 9.44. The van der Waals surface area contributed by atoms with Gasteiger partial charge in [0.25, 0.3) is 5.92 Å². The summed E-state index contributed by atoms with van der Waals surface area (Å²) in [5.74, 6) is -2.73. The topological polar surface area (TPSA) is 20.2 Å². The van der Waals surface area contributed by atoms with Crippen LogP contribution in [0.2, 0.25) is 0 Å². The standard InChI is InChI=1S/C12H16F2O/c1-7(2)9-6-10(12(4,13)14)8(3)5-11(9)15/h5-7,15H,1-4H3. The molecule has 0 aliphatic heterocycles. The lowest BCUT2D eigenvalue weighted by Crippen LogP contribution is -2.10. The number of hydrogen-bond acceptors (Lipinski definition) is 1. The van der Waals surface area contributed by atoms with Crippen LogP contribution < -0.4 is 0 Å². The third-order valence-corrected chi connectivity index (χ3v) is 2.47. The average Bonchev–Trinajstić information content (AvgIpc) is 2.00. The van der Waals surface area contributed by atoms with Crippen LogP contribution in [-0.4, -0.2) is 5.11 Å². The average molecular weight is 214 g/mol. The van der Waals surface area contributed by atoms with E-state index in [-0.39, 0.29) is 17.2 Å². The number of rotatable bonds is 2. The summed E-state index contributed by atoms with van der Waals surface area (Å²) in [7, 11) is 0. The van der Waals surface area contributed by atoms with E-state index in [4.69, 9.17) is 0 Å². The number of aryl methyl sites for hydroxylation is 1. The summed E-state index contributed by atoms with van der Waals surface area (Å²) >= 11 is 0. The van der Waals surface area contributed by atoms with Crippen molar-refractivity contribution in [3.8, 4) is 5.75 Å². The van der Waals surface area contributed by atoms with Gasteiger partial charge < -0.3 is 5.11 Å². The Kier molecular flexibility index (Phi) is 3.03. The summed E-state index contributed by atoms with van der Waals surface area (Å²) in [5.41, 5.74) is 0.977. The Bertz CT molecular complexity index is 365. The molecule has 3 heteroatoms. The fraction of sp³-hybridized carbons (Fsp3) is 0.500. The largest absolute Gasteiger partial charge is 0.508 e. The van der Waals surface area contributed by atoms with Crippen LogP contribution in [0, 0.1) is 6.92 Å². The molecule has 1 aromatic rings. The number of phenolic OH excluding ortho intramolecular Hbond substituents is 1. The van der Waals surface area contributed by atoms with Crippen molar-refractivity contribution in [2.24, 2.45) is 0 Å². The smallest absolute Gasteiger partial charge is 0.270 e. The van der Waals surface area contributed by atoms with E-state index in [0.717, 1.165) is 6.92 Å². The van der Waals surface area contributed by atoms with Crippen molar-refractivity contribution in [3.63, 3.8) is 0 Å². The van der Waals surface area contributed by atoms with Gasteiger partial charge in [-0.1, -0.05) is 13.8 Å². The number of hydrogen-bond donors (Lipinski definition) is 1. The van der Waals surface area contributed by atoms with Gasteiger partial charge in [-0.25, -0.2) is 8.78 Å². The predicted octanol–water partition coefficient (Wildman–Crippen LogP) is 3.94. The highest BCUT2D eigenvalue weighted by Gasteiger charge is 2.27. The number of alkyl halides is 2.